The van der Waals surface area contributed by atoms with Crippen LogP contribution in [0.1, 0.15) is 12.5 Å². The Kier molecular flexibility index (Phi) is 4.48. The summed E-state index contributed by atoms with van der Waals surface area (Å²) in [5.74, 6) is 4.21. The van der Waals surface area contributed by atoms with Crippen LogP contribution >= 0.6 is 23.2 Å². The van der Waals surface area contributed by atoms with Gasteiger partial charge in [0.15, 0.2) is 0 Å². The predicted octanol–water partition coefficient (Wildman–Crippen LogP) is 2.49. The Balaban J connectivity index is 3.01. The number of hydrogen-bond donors (Lipinski definition) is 1. The number of carbonyl (C=O) groups is 1. The zero-order valence-corrected chi connectivity index (χ0v) is 10.0. The molecule has 0 aromatic heterocycles. The summed E-state index contributed by atoms with van der Waals surface area (Å²) < 4.78 is 4.64. The van der Waals surface area contributed by atoms with E-state index in [9.17, 15) is 4.79 Å². The molecule has 84 valence electrons. The first-order chi connectivity index (χ1) is 7.54. The van der Waals surface area contributed by atoms with Gasteiger partial charge in [-0.05, 0) is 19.1 Å². The van der Waals surface area contributed by atoms with E-state index < -0.39 is 5.97 Å². The van der Waals surface area contributed by atoms with E-state index in [4.69, 9.17) is 28.9 Å². The SMILES string of the molecule is CCOC(=O)C#Cc1c(Cl)cc(N)cc1Cl. The molecule has 0 spiro atoms. The molecule has 0 unspecified atom stereocenters. The maximum Gasteiger partial charge on any atom is 0.384 e. The number of nitrogens with two attached hydrogens (primary N) is 1. The normalized spacial score (nSPS) is 9.19. The summed E-state index contributed by atoms with van der Waals surface area (Å²) in [6, 6.07) is 3.03. The van der Waals surface area contributed by atoms with Crippen molar-refractivity contribution in [1.29, 1.82) is 0 Å². The van der Waals surface area contributed by atoms with Crippen molar-refractivity contribution in [2.75, 3.05) is 12.3 Å². The molecule has 0 fully saturated rings. The van der Waals surface area contributed by atoms with Crippen molar-refractivity contribution in [2.45, 2.75) is 6.92 Å². The van der Waals surface area contributed by atoms with Gasteiger partial charge < -0.3 is 10.5 Å². The van der Waals surface area contributed by atoms with E-state index in [0.717, 1.165) is 0 Å². The Labute approximate surface area is 103 Å². The molecular weight excluding hydrogens is 249 g/mol. The van der Waals surface area contributed by atoms with Crippen LogP contribution in [0.3, 0.4) is 0 Å². The van der Waals surface area contributed by atoms with Gasteiger partial charge in [-0.3, -0.25) is 0 Å². The Bertz CT molecular complexity index is 452. The van der Waals surface area contributed by atoms with Crippen LogP contribution in [0.15, 0.2) is 12.1 Å². The third kappa shape index (κ3) is 3.34. The first kappa shape index (κ1) is 12.7. The van der Waals surface area contributed by atoms with Gasteiger partial charge in [-0.15, -0.1) is 0 Å². The maximum atomic E-state index is 11.0. The number of halogens is 2. The van der Waals surface area contributed by atoms with E-state index in [1.54, 1.807) is 6.92 Å². The smallest absolute Gasteiger partial charge is 0.384 e. The fraction of sp³-hybridized carbons (Fsp3) is 0.182. The Morgan fingerprint density at radius 1 is 1.44 bits per heavy atom. The standard InChI is InChI=1S/C11H9Cl2NO2/c1-2-16-11(15)4-3-8-9(12)5-7(14)6-10(8)13/h5-6H,2,14H2,1H3. The first-order valence-corrected chi connectivity index (χ1v) is 5.23. The van der Waals surface area contributed by atoms with E-state index in [0.29, 0.717) is 21.3 Å². The molecule has 0 aliphatic carbocycles. The van der Waals surface area contributed by atoms with Gasteiger partial charge in [0.2, 0.25) is 0 Å². The predicted molar refractivity (Wildman–Crippen MR) is 64.4 cm³/mol. The molecular formula is C11H9Cl2NO2. The van der Waals surface area contributed by atoms with E-state index in [1.165, 1.54) is 12.1 Å². The Hall–Kier alpha value is -1.37. The van der Waals surface area contributed by atoms with Crippen molar-refractivity contribution in [3.63, 3.8) is 0 Å². The molecule has 0 bridgehead atoms. The van der Waals surface area contributed by atoms with Gasteiger partial charge >= 0.3 is 5.97 Å². The highest BCUT2D eigenvalue weighted by atomic mass is 35.5. The topological polar surface area (TPSA) is 52.3 Å². The lowest BCUT2D eigenvalue weighted by atomic mass is 10.2. The van der Waals surface area contributed by atoms with E-state index in [2.05, 4.69) is 16.6 Å². The first-order valence-electron chi connectivity index (χ1n) is 4.48. The molecule has 1 aromatic carbocycles. The number of benzene rings is 1. The molecule has 0 saturated heterocycles. The average Bonchev–Trinajstić information content (AvgIpc) is 2.16. The molecule has 0 aliphatic heterocycles. The summed E-state index contributed by atoms with van der Waals surface area (Å²) in [5, 5.41) is 0.614. The Morgan fingerprint density at radius 3 is 2.50 bits per heavy atom. The lowest BCUT2D eigenvalue weighted by Gasteiger charge is -2.01. The molecule has 1 rings (SSSR count). The zero-order chi connectivity index (χ0) is 12.1. The van der Waals surface area contributed by atoms with Crippen molar-refractivity contribution >= 4 is 34.9 Å². The highest BCUT2D eigenvalue weighted by Gasteiger charge is 2.05. The van der Waals surface area contributed by atoms with Gasteiger partial charge in [0.1, 0.15) is 0 Å². The number of ether oxygens (including phenoxy) is 1. The molecule has 0 saturated carbocycles. The van der Waals surface area contributed by atoms with Gasteiger partial charge in [0.05, 0.1) is 22.2 Å². The van der Waals surface area contributed by atoms with Crippen LogP contribution in [0, 0.1) is 11.8 Å². The van der Waals surface area contributed by atoms with Gasteiger partial charge in [0, 0.05) is 11.6 Å². The number of carbonyl (C=O) groups excluding carboxylic acids is 1. The number of hydrogen-bond acceptors (Lipinski definition) is 3. The second-order valence-corrected chi connectivity index (χ2v) is 3.64. The van der Waals surface area contributed by atoms with Crippen LogP contribution in [0.5, 0.6) is 0 Å². The molecule has 2 N–H and O–H groups in total. The van der Waals surface area contributed by atoms with Crippen molar-refractivity contribution in [2.24, 2.45) is 0 Å². The van der Waals surface area contributed by atoms with Crippen LogP contribution in [0.4, 0.5) is 5.69 Å². The average molecular weight is 258 g/mol. The number of esters is 1. The third-order valence-corrected chi connectivity index (χ3v) is 2.23. The lowest BCUT2D eigenvalue weighted by molar-refractivity contribution is -0.136. The summed E-state index contributed by atoms with van der Waals surface area (Å²) in [5.41, 5.74) is 6.33. The van der Waals surface area contributed by atoms with Crippen LogP contribution in [0.25, 0.3) is 0 Å². The Morgan fingerprint density at radius 2 is 2.00 bits per heavy atom. The molecule has 0 aliphatic rings. The van der Waals surface area contributed by atoms with Crippen LogP contribution < -0.4 is 5.73 Å². The molecule has 0 amide bonds. The molecule has 5 heteroatoms. The highest BCUT2D eigenvalue weighted by Crippen LogP contribution is 2.26. The summed E-state index contributed by atoms with van der Waals surface area (Å²) in [7, 11) is 0. The van der Waals surface area contributed by atoms with E-state index in [1.807, 2.05) is 0 Å². The van der Waals surface area contributed by atoms with Crippen molar-refractivity contribution < 1.29 is 9.53 Å². The third-order valence-electron chi connectivity index (χ3n) is 1.63. The zero-order valence-electron chi connectivity index (χ0n) is 8.51. The lowest BCUT2D eigenvalue weighted by Crippen LogP contribution is -1.99. The number of rotatable bonds is 1. The van der Waals surface area contributed by atoms with Gasteiger partial charge in [-0.1, -0.05) is 29.1 Å². The van der Waals surface area contributed by atoms with Crippen molar-refractivity contribution in [1.82, 2.24) is 0 Å². The van der Waals surface area contributed by atoms with E-state index in [-0.39, 0.29) is 6.61 Å². The monoisotopic (exact) mass is 257 g/mol. The van der Waals surface area contributed by atoms with E-state index >= 15 is 0 Å². The molecule has 0 radical (unpaired) electrons. The molecule has 1 aromatic rings. The molecule has 16 heavy (non-hydrogen) atoms. The second kappa shape index (κ2) is 5.64. The summed E-state index contributed by atoms with van der Waals surface area (Å²) >= 11 is 11.8. The molecule has 0 heterocycles. The summed E-state index contributed by atoms with van der Waals surface area (Å²) in [4.78, 5) is 11.0. The van der Waals surface area contributed by atoms with Crippen LogP contribution in [-0.2, 0) is 9.53 Å². The summed E-state index contributed by atoms with van der Waals surface area (Å²) in [6.07, 6.45) is 0. The summed E-state index contributed by atoms with van der Waals surface area (Å²) in [6.45, 7) is 1.97. The minimum Gasteiger partial charge on any atom is -0.456 e. The van der Waals surface area contributed by atoms with Crippen molar-refractivity contribution in [3.8, 4) is 11.8 Å². The highest BCUT2D eigenvalue weighted by molar-refractivity contribution is 6.37. The number of nitrogen functional groups attached to an aromatic ring is 1. The van der Waals surface area contributed by atoms with Gasteiger partial charge in [-0.2, -0.15) is 0 Å². The number of anilines is 1. The second-order valence-electron chi connectivity index (χ2n) is 2.83. The van der Waals surface area contributed by atoms with Crippen LogP contribution in [0.2, 0.25) is 10.0 Å². The molecule has 0 atom stereocenters. The minimum absolute atomic E-state index is 0.275. The maximum absolute atomic E-state index is 11.0. The van der Waals surface area contributed by atoms with Gasteiger partial charge in [0.25, 0.3) is 0 Å². The fourth-order valence-electron chi connectivity index (χ4n) is 0.993. The van der Waals surface area contributed by atoms with Crippen LogP contribution in [-0.4, -0.2) is 12.6 Å². The largest absolute Gasteiger partial charge is 0.456 e. The van der Waals surface area contributed by atoms with Gasteiger partial charge in [-0.25, -0.2) is 4.79 Å². The molecule has 3 nitrogen and oxygen atoms in total. The van der Waals surface area contributed by atoms with Crippen molar-refractivity contribution in [3.05, 3.63) is 27.7 Å². The minimum atomic E-state index is -0.619. The quantitative estimate of drug-likeness (QED) is 0.478. The fourth-order valence-corrected chi connectivity index (χ4v) is 1.59.